The van der Waals surface area contributed by atoms with Crippen molar-refractivity contribution in [3.8, 4) is 0 Å². The minimum Gasteiger partial charge on any atom is -0.458 e. The molecule has 1 heterocycles. The highest BCUT2D eigenvalue weighted by Crippen LogP contribution is 2.34. The van der Waals surface area contributed by atoms with Crippen molar-refractivity contribution in [3.63, 3.8) is 0 Å². The molecule has 36 heavy (non-hydrogen) atoms. The standard InChI is InChI=1S/C26H29N3O7/c1-16(2)36-26(31)24-18(4)27-17(3)23(28(24)20-12-9-13-21(14-20)29(32)33)25(30)35-15-22(34-5)19-10-7-6-8-11-19/h6-14,16,22,27H,15H2,1-5H3. The fourth-order valence-electron chi connectivity index (χ4n) is 3.80. The van der Waals surface area contributed by atoms with Crippen LogP contribution >= 0.6 is 0 Å². The third-order valence-electron chi connectivity index (χ3n) is 5.38. The third kappa shape index (κ3) is 5.89. The number of rotatable bonds is 9. The summed E-state index contributed by atoms with van der Waals surface area (Å²) in [6.07, 6.45) is -0.943. The van der Waals surface area contributed by atoms with E-state index in [1.54, 1.807) is 33.8 Å². The van der Waals surface area contributed by atoms with Gasteiger partial charge in [0, 0.05) is 30.6 Å². The van der Waals surface area contributed by atoms with Gasteiger partial charge >= 0.3 is 11.9 Å². The van der Waals surface area contributed by atoms with Gasteiger partial charge in [-0.1, -0.05) is 36.4 Å². The number of ether oxygens (including phenoxy) is 3. The lowest BCUT2D eigenvalue weighted by molar-refractivity contribution is -0.384. The molecule has 0 fully saturated rings. The Balaban J connectivity index is 2.01. The minimum absolute atomic E-state index is 0.000260. The Labute approximate surface area is 209 Å². The van der Waals surface area contributed by atoms with Crippen LogP contribution in [-0.2, 0) is 23.8 Å². The number of nitrogens with zero attached hydrogens (tertiary/aromatic N) is 2. The lowest BCUT2D eigenvalue weighted by Gasteiger charge is -2.34. The first kappa shape index (κ1) is 26.4. The number of hydrogen-bond donors (Lipinski definition) is 1. The fourth-order valence-corrected chi connectivity index (χ4v) is 3.80. The van der Waals surface area contributed by atoms with Gasteiger partial charge in [0.2, 0.25) is 0 Å². The normalized spacial score (nSPS) is 14.4. The summed E-state index contributed by atoms with van der Waals surface area (Å²) < 4.78 is 16.5. The highest BCUT2D eigenvalue weighted by Gasteiger charge is 2.36. The van der Waals surface area contributed by atoms with E-state index in [0.717, 1.165) is 5.56 Å². The number of carbonyl (C=O) groups is 2. The van der Waals surface area contributed by atoms with Crippen LogP contribution in [0.4, 0.5) is 11.4 Å². The summed E-state index contributed by atoms with van der Waals surface area (Å²) in [6.45, 7) is 6.62. The Morgan fingerprint density at radius 2 is 1.64 bits per heavy atom. The monoisotopic (exact) mass is 495 g/mol. The number of nitro benzene ring substituents is 1. The molecule has 1 N–H and O–H groups in total. The van der Waals surface area contributed by atoms with Crippen LogP contribution in [0.1, 0.15) is 39.4 Å². The van der Waals surface area contributed by atoms with Gasteiger partial charge in [-0.2, -0.15) is 0 Å². The number of esters is 2. The summed E-state index contributed by atoms with van der Waals surface area (Å²) in [5.74, 6) is -1.44. The van der Waals surface area contributed by atoms with E-state index >= 15 is 0 Å². The van der Waals surface area contributed by atoms with Crippen LogP contribution in [0.2, 0.25) is 0 Å². The second-order valence-electron chi connectivity index (χ2n) is 8.37. The molecule has 0 bridgehead atoms. The maximum absolute atomic E-state index is 13.4. The average Bonchev–Trinajstić information content (AvgIpc) is 2.84. The van der Waals surface area contributed by atoms with Gasteiger partial charge in [-0.3, -0.25) is 15.0 Å². The lowest BCUT2D eigenvalue weighted by atomic mass is 10.1. The second kappa shape index (κ2) is 11.5. The zero-order chi connectivity index (χ0) is 26.4. The van der Waals surface area contributed by atoms with Gasteiger partial charge in [-0.15, -0.1) is 0 Å². The Hall–Kier alpha value is -4.18. The molecule has 1 aliphatic rings. The summed E-state index contributed by atoms with van der Waals surface area (Å²) in [6, 6.07) is 14.9. The molecule has 0 radical (unpaired) electrons. The molecule has 1 atom stereocenters. The molecule has 0 saturated carbocycles. The Morgan fingerprint density at radius 1 is 1.00 bits per heavy atom. The van der Waals surface area contributed by atoms with Crippen LogP contribution in [0.5, 0.6) is 0 Å². The molecule has 3 rings (SSSR count). The third-order valence-corrected chi connectivity index (χ3v) is 5.38. The predicted molar refractivity (Wildman–Crippen MR) is 132 cm³/mol. The number of methoxy groups -OCH3 is 1. The maximum atomic E-state index is 13.4. The quantitative estimate of drug-likeness (QED) is 0.307. The number of hydrogen-bond acceptors (Lipinski definition) is 9. The van der Waals surface area contributed by atoms with Gasteiger partial charge in [-0.05, 0) is 39.3 Å². The smallest absolute Gasteiger partial charge is 0.357 e. The van der Waals surface area contributed by atoms with E-state index in [0.29, 0.717) is 11.4 Å². The van der Waals surface area contributed by atoms with Crippen molar-refractivity contribution < 1.29 is 28.7 Å². The zero-order valence-corrected chi connectivity index (χ0v) is 20.8. The second-order valence-corrected chi connectivity index (χ2v) is 8.37. The number of nitro groups is 1. The number of benzene rings is 2. The van der Waals surface area contributed by atoms with Crippen molar-refractivity contribution in [2.75, 3.05) is 18.6 Å². The molecule has 2 aromatic rings. The highest BCUT2D eigenvalue weighted by atomic mass is 16.6. The molecule has 10 nitrogen and oxygen atoms in total. The highest BCUT2D eigenvalue weighted by molar-refractivity contribution is 6.03. The largest absolute Gasteiger partial charge is 0.458 e. The van der Waals surface area contributed by atoms with Crippen molar-refractivity contribution in [2.24, 2.45) is 0 Å². The van der Waals surface area contributed by atoms with E-state index in [9.17, 15) is 19.7 Å². The van der Waals surface area contributed by atoms with E-state index in [2.05, 4.69) is 5.32 Å². The fraction of sp³-hybridized carbons (Fsp3) is 0.308. The molecule has 1 aliphatic heterocycles. The van der Waals surface area contributed by atoms with E-state index in [1.807, 2.05) is 30.3 Å². The summed E-state index contributed by atoms with van der Waals surface area (Å²) in [7, 11) is 1.51. The van der Waals surface area contributed by atoms with Crippen LogP contribution in [0.25, 0.3) is 0 Å². The average molecular weight is 496 g/mol. The lowest BCUT2D eigenvalue weighted by Crippen LogP contribution is -2.41. The van der Waals surface area contributed by atoms with E-state index < -0.39 is 29.1 Å². The van der Waals surface area contributed by atoms with Crippen molar-refractivity contribution in [3.05, 3.63) is 93.1 Å². The SMILES string of the molecule is COC(COC(=O)C1=C(C)NC(C)=C(C(=O)OC(C)C)N1c1cccc([N+](=O)[O-])c1)c1ccccc1. The Kier molecular flexibility index (Phi) is 8.44. The van der Waals surface area contributed by atoms with Crippen LogP contribution < -0.4 is 10.2 Å². The number of carbonyl (C=O) groups excluding carboxylic acids is 2. The van der Waals surface area contributed by atoms with Gasteiger partial charge in [0.1, 0.15) is 12.7 Å². The summed E-state index contributed by atoms with van der Waals surface area (Å²) in [5, 5.41) is 14.5. The molecule has 0 amide bonds. The Bertz CT molecular complexity index is 1210. The van der Waals surface area contributed by atoms with E-state index in [1.165, 1.54) is 30.2 Å². The molecular weight excluding hydrogens is 466 g/mol. The number of non-ortho nitro benzene ring substituents is 1. The molecule has 0 saturated heterocycles. The van der Waals surface area contributed by atoms with Gasteiger partial charge in [0.05, 0.1) is 16.7 Å². The van der Waals surface area contributed by atoms with Gasteiger partial charge in [0.15, 0.2) is 11.4 Å². The summed E-state index contributed by atoms with van der Waals surface area (Å²) in [5.41, 5.74) is 1.70. The first-order valence-corrected chi connectivity index (χ1v) is 11.3. The summed E-state index contributed by atoms with van der Waals surface area (Å²) >= 11 is 0. The first-order chi connectivity index (χ1) is 17.1. The predicted octanol–water partition coefficient (Wildman–Crippen LogP) is 4.35. The van der Waals surface area contributed by atoms with Crippen LogP contribution in [0.3, 0.4) is 0 Å². The molecule has 0 aliphatic carbocycles. The molecule has 10 heteroatoms. The molecule has 2 aromatic carbocycles. The number of allylic oxidation sites excluding steroid dienone is 2. The first-order valence-electron chi connectivity index (χ1n) is 11.3. The molecule has 190 valence electrons. The van der Waals surface area contributed by atoms with Crippen LogP contribution in [0.15, 0.2) is 77.4 Å². The van der Waals surface area contributed by atoms with E-state index in [4.69, 9.17) is 14.2 Å². The number of nitrogens with one attached hydrogen (secondary N) is 1. The van der Waals surface area contributed by atoms with Gasteiger partial charge in [-0.25, -0.2) is 9.59 Å². The number of anilines is 1. The van der Waals surface area contributed by atoms with Crippen molar-refractivity contribution in [1.29, 1.82) is 0 Å². The van der Waals surface area contributed by atoms with Crippen molar-refractivity contribution >= 4 is 23.3 Å². The maximum Gasteiger partial charge on any atom is 0.357 e. The van der Waals surface area contributed by atoms with Crippen molar-refractivity contribution in [1.82, 2.24) is 5.32 Å². The van der Waals surface area contributed by atoms with Crippen LogP contribution in [0, 0.1) is 10.1 Å². The minimum atomic E-state index is -0.744. The van der Waals surface area contributed by atoms with Gasteiger partial charge < -0.3 is 19.5 Å². The molecule has 0 aromatic heterocycles. The summed E-state index contributed by atoms with van der Waals surface area (Å²) in [4.78, 5) is 38.8. The van der Waals surface area contributed by atoms with E-state index in [-0.39, 0.29) is 29.4 Å². The topological polar surface area (TPSA) is 120 Å². The molecule has 1 unspecified atom stereocenters. The molecule has 0 spiro atoms. The zero-order valence-electron chi connectivity index (χ0n) is 20.8. The van der Waals surface area contributed by atoms with Crippen LogP contribution in [-0.4, -0.2) is 36.7 Å². The van der Waals surface area contributed by atoms with Crippen molar-refractivity contribution in [2.45, 2.75) is 39.9 Å². The van der Waals surface area contributed by atoms with Gasteiger partial charge in [0.25, 0.3) is 5.69 Å². The molecular formula is C26H29N3O7. The Morgan fingerprint density at radius 3 is 2.22 bits per heavy atom.